The van der Waals surface area contributed by atoms with Crippen LogP contribution in [0.15, 0.2) is 54.6 Å². The second-order valence-corrected chi connectivity index (χ2v) is 5.39. The van der Waals surface area contributed by atoms with Crippen LogP contribution in [-0.4, -0.2) is 31.0 Å². The minimum absolute atomic E-state index is 0.202. The van der Waals surface area contributed by atoms with E-state index in [0.717, 1.165) is 24.3 Å². The molecular weight excluding hydrogens is 264 g/mol. The zero-order chi connectivity index (χ0) is 14.5. The van der Waals surface area contributed by atoms with Gasteiger partial charge in [-0.2, -0.15) is 0 Å². The number of aliphatic hydroxyl groups excluding tert-OH is 1. The van der Waals surface area contributed by atoms with Gasteiger partial charge in [0.15, 0.2) is 0 Å². The summed E-state index contributed by atoms with van der Waals surface area (Å²) in [6, 6.07) is 18.2. The van der Waals surface area contributed by atoms with Crippen molar-refractivity contribution in [3.63, 3.8) is 0 Å². The first kappa shape index (κ1) is 14.1. The number of benzene rings is 2. The number of ether oxygens (including phenoxy) is 2. The third-order valence-corrected chi connectivity index (χ3v) is 3.89. The van der Waals surface area contributed by atoms with Crippen LogP contribution in [0.3, 0.4) is 0 Å². The van der Waals surface area contributed by atoms with E-state index in [0.29, 0.717) is 13.2 Å². The van der Waals surface area contributed by atoms with Gasteiger partial charge < -0.3 is 14.6 Å². The Kier molecular flexibility index (Phi) is 4.53. The summed E-state index contributed by atoms with van der Waals surface area (Å²) in [7, 11) is 0. The van der Waals surface area contributed by atoms with Crippen LogP contribution < -0.4 is 4.74 Å². The molecular formula is C18H20O3. The van der Waals surface area contributed by atoms with Crippen molar-refractivity contribution in [1.82, 2.24) is 0 Å². The summed E-state index contributed by atoms with van der Waals surface area (Å²) in [5, 5.41) is 10.0. The molecule has 1 aliphatic heterocycles. The Morgan fingerprint density at radius 3 is 2.43 bits per heavy atom. The van der Waals surface area contributed by atoms with Gasteiger partial charge in [0, 0.05) is 12.5 Å². The fourth-order valence-electron chi connectivity index (χ4n) is 2.55. The van der Waals surface area contributed by atoms with Crippen molar-refractivity contribution in [2.45, 2.75) is 12.5 Å². The highest BCUT2D eigenvalue weighted by atomic mass is 16.5. The predicted molar refractivity (Wildman–Crippen MR) is 82.3 cm³/mol. The first-order valence-electron chi connectivity index (χ1n) is 7.37. The van der Waals surface area contributed by atoms with E-state index in [9.17, 15) is 5.11 Å². The topological polar surface area (TPSA) is 38.7 Å². The van der Waals surface area contributed by atoms with Crippen LogP contribution in [0.5, 0.6) is 5.75 Å². The second-order valence-electron chi connectivity index (χ2n) is 5.39. The lowest BCUT2D eigenvalue weighted by molar-refractivity contribution is 0.0499. The van der Waals surface area contributed by atoms with Crippen molar-refractivity contribution in [2.75, 3.05) is 19.8 Å². The Morgan fingerprint density at radius 2 is 1.76 bits per heavy atom. The third-order valence-electron chi connectivity index (χ3n) is 3.89. The van der Waals surface area contributed by atoms with Gasteiger partial charge in [0.2, 0.25) is 0 Å². The second kappa shape index (κ2) is 6.74. The predicted octanol–water partition coefficient (Wildman–Crippen LogP) is 3.13. The lowest BCUT2D eigenvalue weighted by atomic mass is 10.0. The molecule has 0 aliphatic carbocycles. The minimum atomic E-state index is -0.457. The highest BCUT2D eigenvalue weighted by molar-refractivity contribution is 5.63. The molecule has 1 N–H and O–H groups in total. The maximum Gasteiger partial charge on any atom is 0.119 e. The normalized spacial score (nSPS) is 19.4. The quantitative estimate of drug-likeness (QED) is 0.916. The van der Waals surface area contributed by atoms with Crippen molar-refractivity contribution >= 4 is 0 Å². The first-order chi connectivity index (χ1) is 10.3. The molecule has 3 nitrogen and oxygen atoms in total. The lowest BCUT2D eigenvalue weighted by Crippen LogP contribution is -2.27. The van der Waals surface area contributed by atoms with E-state index in [1.54, 1.807) is 0 Å². The highest BCUT2D eigenvalue weighted by Crippen LogP contribution is 2.23. The zero-order valence-corrected chi connectivity index (χ0v) is 11.9. The fraction of sp³-hybridized carbons (Fsp3) is 0.333. The molecule has 21 heavy (non-hydrogen) atoms. The monoisotopic (exact) mass is 284 g/mol. The van der Waals surface area contributed by atoms with E-state index >= 15 is 0 Å². The van der Waals surface area contributed by atoms with E-state index < -0.39 is 6.10 Å². The summed E-state index contributed by atoms with van der Waals surface area (Å²) >= 11 is 0. The average Bonchev–Trinajstić information content (AvgIpc) is 3.08. The van der Waals surface area contributed by atoms with Crippen molar-refractivity contribution in [3.8, 4) is 16.9 Å². The van der Waals surface area contributed by atoms with E-state index in [-0.39, 0.29) is 5.92 Å². The summed E-state index contributed by atoms with van der Waals surface area (Å²) in [6.07, 6.45) is 0.457. The van der Waals surface area contributed by atoms with Crippen molar-refractivity contribution in [1.29, 1.82) is 0 Å². The Bertz CT molecular complexity index is 544. The Balaban J connectivity index is 1.57. The van der Waals surface area contributed by atoms with Crippen LogP contribution in [0.1, 0.15) is 6.42 Å². The van der Waals surface area contributed by atoms with E-state index in [4.69, 9.17) is 9.47 Å². The SMILES string of the molecule is OC(COc1ccc(-c2ccccc2)cc1)C1CCOC1. The molecule has 3 heteroatoms. The number of rotatable bonds is 5. The van der Waals surface area contributed by atoms with Gasteiger partial charge in [-0.3, -0.25) is 0 Å². The Labute approximate surface area is 125 Å². The van der Waals surface area contributed by atoms with Gasteiger partial charge in [-0.05, 0) is 29.7 Å². The van der Waals surface area contributed by atoms with Gasteiger partial charge in [-0.25, -0.2) is 0 Å². The average molecular weight is 284 g/mol. The summed E-state index contributed by atoms with van der Waals surface area (Å²) in [4.78, 5) is 0. The molecule has 1 saturated heterocycles. The fourth-order valence-corrected chi connectivity index (χ4v) is 2.55. The van der Waals surface area contributed by atoms with Gasteiger partial charge in [0.1, 0.15) is 12.4 Å². The smallest absolute Gasteiger partial charge is 0.119 e. The molecule has 0 amide bonds. The van der Waals surface area contributed by atoms with Crippen molar-refractivity contribution < 1.29 is 14.6 Å². The molecule has 0 aromatic heterocycles. The minimum Gasteiger partial charge on any atom is -0.491 e. The molecule has 0 saturated carbocycles. The molecule has 0 radical (unpaired) electrons. The molecule has 0 spiro atoms. The molecule has 1 fully saturated rings. The third kappa shape index (κ3) is 3.63. The van der Waals surface area contributed by atoms with Crippen LogP contribution in [0.25, 0.3) is 11.1 Å². The maximum atomic E-state index is 10.0. The number of hydrogen-bond acceptors (Lipinski definition) is 3. The molecule has 3 rings (SSSR count). The van der Waals surface area contributed by atoms with E-state index in [1.807, 2.05) is 42.5 Å². The number of hydrogen-bond donors (Lipinski definition) is 1. The summed E-state index contributed by atoms with van der Waals surface area (Å²) < 4.78 is 10.9. The highest BCUT2D eigenvalue weighted by Gasteiger charge is 2.24. The van der Waals surface area contributed by atoms with E-state index in [1.165, 1.54) is 5.56 Å². The number of aliphatic hydroxyl groups is 1. The van der Waals surface area contributed by atoms with Crippen LogP contribution in [0, 0.1) is 5.92 Å². The van der Waals surface area contributed by atoms with Gasteiger partial charge in [0.05, 0.1) is 12.7 Å². The van der Waals surface area contributed by atoms with Gasteiger partial charge in [-0.15, -0.1) is 0 Å². The molecule has 110 valence electrons. The largest absolute Gasteiger partial charge is 0.491 e. The molecule has 2 aromatic carbocycles. The molecule has 0 bridgehead atoms. The summed E-state index contributed by atoms with van der Waals surface area (Å²) in [5.41, 5.74) is 2.35. The molecule has 2 aromatic rings. The van der Waals surface area contributed by atoms with Crippen molar-refractivity contribution in [2.24, 2.45) is 5.92 Å². The Morgan fingerprint density at radius 1 is 1.05 bits per heavy atom. The molecule has 1 aliphatic rings. The first-order valence-corrected chi connectivity index (χ1v) is 7.37. The zero-order valence-electron chi connectivity index (χ0n) is 11.9. The van der Waals surface area contributed by atoms with Gasteiger partial charge >= 0.3 is 0 Å². The van der Waals surface area contributed by atoms with Gasteiger partial charge in [0.25, 0.3) is 0 Å². The van der Waals surface area contributed by atoms with E-state index in [2.05, 4.69) is 12.1 Å². The van der Waals surface area contributed by atoms with Crippen molar-refractivity contribution in [3.05, 3.63) is 54.6 Å². The maximum absolute atomic E-state index is 10.0. The van der Waals surface area contributed by atoms with Crippen LogP contribution in [-0.2, 0) is 4.74 Å². The van der Waals surface area contributed by atoms with Crippen LogP contribution in [0.2, 0.25) is 0 Å². The summed E-state index contributed by atoms with van der Waals surface area (Å²) in [6.45, 7) is 1.70. The standard InChI is InChI=1S/C18H20O3/c19-18(16-10-11-20-12-16)13-21-17-8-6-15(7-9-17)14-4-2-1-3-5-14/h1-9,16,18-19H,10-13H2. The Hall–Kier alpha value is -1.84. The lowest BCUT2D eigenvalue weighted by Gasteiger charge is -2.17. The van der Waals surface area contributed by atoms with Crippen LogP contribution >= 0.6 is 0 Å². The molecule has 2 atom stereocenters. The van der Waals surface area contributed by atoms with Gasteiger partial charge in [-0.1, -0.05) is 42.5 Å². The van der Waals surface area contributed by atoms with Crippen LogP contribution in [0.4, 0.5) is 0 Å². The molecule has 1 heterocycles. The molecule has 2 unspecified atom stereocenters. The summed E-state index contributed by atoms with van der Waals surface area (Å²) in [5.74, 6) is 0.987.